The molecule has 4 aromatic rings. The van der Waals surface area contributed by atoms with Gasteiger partial charge < -0.3 is 0 Å². The zero-order chi connectivity index (χ0) is 14.1. The van der Waals surface area contributed by atoms with Crippen molar-refractivity contribution < 1.29 is 0 Å². The molecule has 0 bridgehead atoms. The van der Waals surface area contributed by atoms with E-state index in [4.69, 9.17) is 0 Å². The molecule has 0 fully saturated rings. The first-order valence-corrected chi connectivity index (χ1v) is 7.87. The summed E-state index contributed by atoms with van der Waals surface area (Å²) in [6.45, 7) is 0. The monoisotopic (exact) mass is 286 g/mol. The topological polar surface area (TPSA) is 0 Å². The second-order valence-electron chi connectivity index (χ2n) is 5.04. The highest BCUT2D eigenvalue weighted by Gasteiger charge is 2.13. The van der Waals surface area contributed by atoms with Crippen LogP contribution in [0, 0.1) is 0 Å². The maximum atomic E-state index is 2.22. The van der Waals surface area contributed by atoms with Crippen LogP contribution in [0.2, 0.25) is 0 Å². The third-order valence-electron chi connectivity index (χ3n) is 3.69. The minimum atomic E-state index is 1.29. The molecule has 1 aromatic heterocycles. The van der Waals surface area contributed by atoms with Gasteiger partial charge in [0.05, 0.1) is 0 Å². The van der Waals surface area contributed by atoms with Gasteiger partial charge in [0.25, 0.3) is 0 Å². The van der Waals surface area contributed by atoms with Crippen LogP contribution >= 0.6 is 11.3 Å². The molecular weight excluding hydrogens is 272 g/mol. The molecule has 0 amide bonds. The van der Waals surface area contributed by atoms with Gasteiger partial charge in [-0.05, 0) is 11.1 Å². The highest BCUT2D eigenvalue weighted by atomic mass is 32.1. The van der Waals surface area contributed by atoms with Crippen LogP contribution in [0.3, 0.4) is 0 Å². The van der Waals surface area contributed by atoms with Gasteiger partial charge in [0.1, 0.15) is 0 Å². The lowest BCUT2D eigenvalue weighted by Crippen LogP contribution is -1.73. The molecule has 0 unspecified atom stereocenters. The molecule has 1 heteroatoms. The maximum absolute atomic E-state index is 2.22. The summed E-state index contributed by atoms with van der Waals surface area (Å²) < 4.78 is 0. The normalized spacial score (nSPS) is 10.9. The van der Waals surface area contributed by atoms with Gasteiger partial charge in [-0.3, -0.25) is 0 Å². The average molecular weight is 286 g/mol. The van der Waals surface area contributed by atoms with Gasteiger partial charge in [0, 0.05) is 20.5 Å². The molecule has 0 spiro atoms. The fourth-order valence-electron chi connectivity index (χ4n) is 2.70. The first-order chi connectivity index (χ1) is 10.4. The molecule has 1 heterocycles. The predicted molar refractivity (Wildman–Crippen MR) is 92.7 cm³/mol. The third-order valence-corrected chi connectivity index (χ3v) is 5.01. The van der Waals surface area contributed by atoms with Crippen molar-refractivity contribution in [1.82, 2.24) is 0 Å². The van der Waals surface area contributed by atoms with Gasteiger partial charge in [0.2, 0.25) is 0 Å². The van der Waals surface area contributed by atoms with Gasteiger partial charge >= 0.3 is 0 Å². The van der Waals surface area contributed by atoms with E-state index in [9.17, 15) is 0 Å². The van der Waals surface area contributed by atoms with E-state index in [1.54, 1.807) is 0 Å². The molecule has 21 heavy (non-hydrogen) atoms. The van der Waals surface area contributed by atoms with Crippen LogP contribution in [-0.4, -0.2) is 0 Å². The molecule has 0 saturated heterocycles. The van der Waals surface area contributed by atoms with Gasteiger partial charge in [0.15, 0.2) is 0 Å². The van der Waals surface area contributed by atoms with Crippen molar-refractivity contribution in [1.29, 1.82) is 0 Å². The zero-order valence-electron chi connectivity index (χ0n) is 11.5. The van der Waals surface area contributed by atoms with Crippen LogP contribution in [0.1, 0.15) is 0 Å². The first-order valence-electron chi connectivity index (χ1n) is 7.06. The summed E-state index contributed by atoms with van der Waals surface area (Å²) in [4.78, 5) is 2.70. The Kier molecular flexibility index (Phi) is 3.06. The van der Waals surface area contributed by atoms with Crippen molar-refractivity contribution in [2.45, 2.75) is 0 Å². The molecule has 4 rings (SSSR count). The number of rotatable bonds is 2. The van der Waals surface area contributed by atoms with E-state index >= 15 is 0 Å². The molecule has 0 N–H and O–H groups in total. The lowest BCUT2D eigenvalue weighted by Gasteiger charge is -1.98. The van der Waals surface area contributed by atoms with Crippen LogP contribution < -0.4 is 0 Å². The molecule has 0 radical (unpaired) electrons. The van der Waals surface area contributed by atoms with Crippen molar-refractivity contribution >= 4 is 22.1 Å². The smallest absolute Gasteiger partial charge is 0.0428 e. The summed E-state index contributed by atoms with van der Waals surface area (Å²) in [6.07, 6.45) is 0. The summed E-state index contributed by atoms with van der Waals surface area (Å²) in [5, 5.41) is 2.68. The highest BCUT2D eigenvalue weighted by molar-refractivity contribution is 7.21. The zero-order valence-corrected chi connectivity index (χ0v) is 12.3. The van der Waals surface area contributed by atoms with Crippen molar-refractivity contribution in [2.24, 2.45) is 0 Å². The first kappa shape index (κ1) is 12.4. The average Bonchev–Trinajstić information content (AvgIpc) is 2.96. The van der Waals surface area contributed by atoms with E-state index in [0.29, 0.717) is 0 Å². The quantitative estimate of drug-likeness (QED) is 0.409. The SMILES string of the molecule is c1ccc(-c2sc(-c3ccccc3)c3ccccc23)cc1. The number of fused-ring (bicyclic) bond motifs is 1. The Morgan fingerprint density at radius 2 is 0.810 bits per heavy atom. The van der Waals surface area contributed by atoms with Crippen LogP contribution in [0.25, 0.3) is 31.7 Å². The standard InChI is InChI=1S/C20H14S/c1-3-9-15(10-4-1)19-17-13-7-8-14-18(17)20(21-19)16-11-5-2-6-12-16/h1-14H. The van der Waals surface area contributed by atoms with Crippen LogP contribution in [0.5, 0.6) is 0 Å². The molecule has 0 aliphatic carbocycles. The lowest BCUT2D eigenvalue weighted by molar-refractivity contribution is 1.70. The molecule has 0 aliphatic heterocycles. The predicted octanol–water partition coefficient (Wildman–Crippen LogP) is 6.24. The minimum absolute atomic E-state index is 1.29. The minimum Gasteiger partial charge on any atom is -0.134 e. The number of hydrogen-bond donors (Lipinski definition) is 0. The third kappa shape index (κ3) is 2.16. The fourth-order valence-corrected chi connectivity index (χ4v) is 3.99. The Hall–Kier alpha value is -2.38. The molecule has 0 aliphatic rings. The Morgan fingerprint density at radius 3 is 1.24 bits per heavy atom. The van der Waals surface area contributed by atoms with E-state index in [2.05, 4.69) is 84.9 Å². The second kappa shape index (κ2) is 5.19. The summed E-state index contributed by atoms with van der Waals surface area (Å²) in [7, 11) is 0. The van der Waals surface area contributed by atoms with Crippen molar-refractivity contribution in [2.75, 3.05) is 0 Å². The van der Waals surface area contributed by atoms with E-state index in [1.165, 1.54) is 31.7 Å². The molecule has 0 nitrogen and oxygen atoms in total. The van der Waals surface area contributed by atoms with Crippen LogP contribution in [-0.2, 0) is 0 Å². The number of hydrogen-bond acceptors (Lipinski definition) is 1. The largest absolute Gasteiger partial charge is 0.134 e. The van der Waals surface area contributed by atoms with Crippen molar-refractivity contribution in [3.05, 3.63) is 84.9 Å². The highest BCUT2D eigenvalue weighted by Crippen LogP contribution is 2.43. The Morgan fingerprint density at radius 1 is 0.429 bits per heavy atom. The molecule has 0 saturated carbocycles. The fraction of sp³-hybridized carbons (Fsp3) is 0. The van der Waals surface area contributed by atoms with Crippen LogP contribution in [0.4, 0.5) is 0 Å². The van der Waals surface area contributed by atoms with Crippen molar-refractivity contribution in [3.8, 4) is 20.9 Å². The van der Waals surface area contributed by atoms with Crippen LogP contribution in [0.15, 0.2) is 84.9 Å². The summed E-state index contributed by atoms with van der Waals surface area (Å²) in [5.41, 5.74) is 2.58. The van der Waals surface area contributed by atoms with Crippen molar-refractivity contribution in [3.63, 3.8) is 0 Å². The Labute approximate surface area is 128 Å². The van der Waals surface area contributed by atoms with Gasteiger partial charge in [-0.25, -0.2) is 0 Å². The number of benzene rings is 3. The van der Waals surface area contributed by atoms with Gasteiger partial charge in [-0.2, -0.15) is 0 Å². The Balaban J connectivity index is 2.02. The molecular formula is C20H14S. The maximum Gasteiger partial charge on any atom is 0.0428 e. The molecule has 100 valence electrons. The molecule has 0 atom stereocenters. The summed E-state index contributed by atoms with van der Waals surface area (Å²) in [6, 6.07) is 30.0. The van der Waals surface area contributed by atoms with E-state index < -0.39 is 0 Å². The number of thiophene rings is 1. The van der Waals surface area contributed by atoms with Gasteiger partial charge in [-0.1, -0.05) is 84.9 Å². The van der Waals surface area contributed by atoms with E-state index in [0.717, 1.165) is 0 Å². The molecule has 3 aromatic carbocycles. The second-order valence-corrected chi connectivity index (χ2v) is 6.06. The van der Waals surface area contributed by atoms with Gasteiger partial charge in [-0.15, -0.1) is 11.3 Å². The van der Waals surface area contributed by atoms with E-state index in [1.807, 2.05) is 11.3 Å². The Bertz CT molecular complexity index is 800. The van der Waals surface area contributed by atoms with E-state index in [-0.39, 0.29) is 0 Å². The summed E-state index contributed by atoms with van der Waals surface area (Å²) in [5.74, 6) is 0. The summed E-state index contributed by atoms with van der Waals surface area (Å²) >= 11 is 1.88. The lowest BCUT2D eigenvalue weighted by atomic mass is 10.0.